The molecule has 2 aromatic rings. The van der Waals surface area contributed by atoms with Crippen molar-refractivity contribution in [2.24, 2.45) is 10.9 Å². The summed E-state index contributed by atoms with van der Waals surface area (Å²) in [5, 5.41) is 18.5. The van der Waals surface area contributed by atoms with Gasteiger partial charge in [-0.2, -0.15) is 0 Å². The van der Waals surface area contributed by atoms with E-state index in [9.17, 15) is 10.1 Å². The molecule has 1 aromatic carbocycles. The Kier molecular flexibility index (Phi) is 7.33. The molecule has 32 heavy (non-hydrogen) atoms. The van der Waals surface area contributed by atoms with E-state index in [-0.39, 0.29) is 10.6 Å². The molecule has 2 saturated heterocycles. The van der Waals surface area contributed by atoms with E-state index in [1.807, 2.05) is 13.0 Å². The number of guanidine groups is 1. The molecule has 0 spiro atoms. The number of hydrogen-bond acceptors (Lipinski definition) is 7. The average Bonchev–Trinajstić information content (AvgIpc) is 3.46. The zero-order valence-corrected chi connectivity index (χ0v) is 18.4. The summed E-state index contributed by atoms with van der Waals surface area (Å²) in [4.78, 5) is 20.0. The number of nitro groups is 1. The summed E-state index contributed by atoms with van der Waals surface area (Å²) in [6.07, 6.45) is 1.06. The highest BCUT2D eigenvalue weighted by molar-refractivity contribution is 5.80. The number of rotatable bonds is 7. The minimum atomic E-state index is -0.385. The van der Waals surface area contributed by atoms with Crippen LogP contribution in [0.1, 0.15) is 23.4 Å². The van der Waals surface area contributed by atoms with Gasteiger partial charge in [0.1, 0.15) is 5.76 Å². The SMILES string of the molecule is Cc1cc(CN2CCN(C(=NCc3ccc([N+](=O)[O-])cc3)NCC3CCOC3)CC2)no1. The smallest absolute Gasteiger partial charge is 0.269 e. The van der Waals surface area contributed by atoms with E-state index in [0.717, 1.165) is 81.9 Å². The molecule has 1 aromatic heterocycles. The molecule has 1 atom stereocenters. The number of non-ortho nitro benzene ring substituents is 1. The Morgan fingerprint density at radius 3 is 2.69 bits per heavy atom. The summed E-state index contributed by atoms with van der Waals surface area (Å²) in [5.74, 6) is 2.21. The number of piperazine rings is 1. The monoisotopic (exact) mass is 442 g/mol. The first-order chi connectivity index (χ1) is 15.6. The van der Waals surface area contributed by atoms with E-state index in [1.54, 1.807) is 12.1 Å². The number of ether oxygens (including phenoxy) is 1. The van der Waals surface area contributed by atoms with Crippen molar-refractivity contribution in [3.63, 3.8) is 0 Å². The van der Waals surface area contributed by atoms with Crippen molar-refractivity contribution in [2.75, 3.05) is 45.9 Å². The van der Waals surface area contributed by atoms with E-state index in [1.165, 1.54) is 12.1 Å². The second kappa shape index (κ2) is 10.6. The average molecular weight is 443 g/mol. The summed E-state index contributed by atoms with van der Waals surface area (Å²) in [6, 6.07) is 8.56. The van der Waals surface area contributed by atoms with Crippen LogP contribution in [0.15, 0.2) is 39.8 Å². The molecule has 0 bridgehead atoms. The summed E-state index contributed by atoms with van der Waals surface area (Å²) in [7, 11) is 0. The Bertz CT molecular complexity index is 915. The Balaban J connectivity index is 1.37. The zero-order valence-electron chi connectivity index (χ0n) is 18.4. The maximum atomic E-state index is 10.9. The number of nitro benzene ring substituents is 1. The van der Waals surface area contributed by atoms with Crippen LogP contribution in [0.25, 0.3) is 0 Å². The van der Waals surface area contributed by atoms with Crippen molar-refractivity contribution in [2.45, 2.75) is 26.4 Å². The van der Waals surface area contributed by atoms with Gasteiger partial charge in [0.15, 0.2) is 5.96 Å². The van der Waals surface area contributed by atoms with Gasteiger partial charge in [-0.25, -0.2) is 4.99 Å². The topological polar surface area (TPSA) is 109 Å². The van der Waals surface area contributed by atoms with Gasteiger partial charge in [-0.1, -0.05) is 17.3 Å². The van der Waals surface area contributed by atoms with E-state index < -0.39 is 0 Å². The van der Waals surface area contributed by atoms with E-state index >= 15 is 0 Å². The molecule has 2 fully saturated rings. The number of nitrogens with zero attached hydrogens (tertiary/aromatic N) is 5. The van der Waals surface area contributed by atoms with Crippen molar-refractivity contribution in [3.05, 3.63) is 57.5 Å². The summed E-state index contributed by atoms with van der Waals surface area (Å²) >= 11 is 0. The van der Waals surface area contributed by atoms with Crippen LogP contribution < -0.4 is 5.32 Å². The zero-order chi connectivity index (χ0) is 22.3. The Hall–Kier alpha value is -2.98. The second-order valence-electron chi connectivity index (χ2n) is 8.37. The van der Waals surface area contributed by atoms with Crippen molar-refractivity contribution in [1.82, 2.24) is 20.3 Å². The number of hydrogen-bond donors (Lipinski definition) is 1. The highest BCUT2D eigenvalue weighted by atomic mass is 16.6. The Morgan fingerprint density at radius 2 is 2.06 bits per heavy atom. The highest BCUT2D eigenvalue weighted by Crippen LogP contribution is 2.15. The van der Waals surface area contributed by atoms with Crippen LogP contribution >= 0.6 is 0 Å². The lowest BCUT2D eigenvalue weighted by Crippen LogP contribution is -2.52. The van der Waals surface area contributed by atoms with Crippen molar-refractivity contribution in [1.29, 1.82) is 0 Å². The van der Waals surface area contributed by atoms with Crippen LogP contribution in [0.3, 0.4) is 0 Å². The second-order valence-corrected chi connectivity index (χ2v) is 8.37. The molecule has 10 heteroatoms. The van der Waals surface area contributed by atoms with Crippen molar-refractivity contribution < 1.29 is 14.2 Å². The minimum Gasteiger partial charge on any atom is -0.381 e. The molecule has 1 unspecified atom stereocenters. The third kappa shape index (κ3) is 6.04. The maximum absolute atomic E-state index is 10.9. The molecular weight excluding hydrogens is 412 g/mol. The van der Waals surface area contributed by atoms with Gasteiger partial charge < -0.3 is 19.5 Å². The number of aromatic nitrogens is 1. The lowest BCUT2D eigenvalue weighted by molar-refractivity contribution is -0.384. The first-order valence-corrected chi connectivity index (χ1v) is 11.1. The van der Waals surface area contributed by atoms with Gasteiger partial charge >= 0.3 is 0 Å². The molecular formula is C22H30N6O4. The molecule has 0 amide bonds. The largest absolute Gasteiger partial charge is 0.381 e. The third-order valence-corrected chi connectivity index (χ3v) is 5.87. The molecule has 172 valence electrons. The molecule has 2 aliphatic rings. The molecule has 0 aliphatic carbocycles. The van der Waals surface area contributed by atoms with Gasteiger partial charge in [0.25, 0.3) is 5.69 Å². The number of nitrogens with one attached hydrogen (secondary N) is 1. The molecule has 0 radical (unpaired) electrons. The van der Waals surface area contributed by atoms with Crippen LogP contribution in [-0.2, 0) is 17.8 Å². The van der Waals surface area contributed by atoms with E-state index in [2.05, 4.69) is 20.3 Å². The predicted molar refractivity (Wildman–Crippen MR) is 119 cm³/mol. The van der Waals surface area contributed by atoms with Gasteiger partial charge in [0.05, 0.1) is 23.8 Å². The normalized spacial score (nSPS) is 20.0. The van der Waals surface area contributed by atoms with Gasteiger partial charge in [-0.3, -0.25) is 15.0 Å². The predicted octanol–water partition coefficient (Wildman–Crippen LogP) is 2.19. The minimum absolute atomic E-state index is 0.0933. The van der Waals surface area contributed by atoms with Crippen LogP contribution in [0, 0.1) is 23.0 Å². The van der Waals surface area contributed by atoms with Crippen molar-refractivity contribution >= 4 is 11.6 Å². The standard InChI is InChI=1S/C22H30N6O4/c1-17-12-20(25-32-17)15-26-7-9-27(10-8-26)22(24-14-19-6-11-31-16-19)23-13-18-2-4-21(5-3-18)28(29)30/h2-5,12,19H,6-11,13-16H2,1H3,(H,23,24). The molecule has 3 heterocycles. The van der Waals surface area contributed by atoms with Gasteiger partial charge in [-0.05, 0) is 18.9 Å². The number of aliphatic imine (C=N–C) groups is 1. The summed E-state index contributed by atoms with van der Waals surface area (Å²) < 4.78 is 10.7. The molecule has 0 saturated carbocycles. The van der Waals surface area contributed by atoms with Crippen LogP contribution in [-0.4, -0.2) is 71.8 Å². The molecule has 1 N–H and O–H groups in total. The first-order valence-electron chi connectivity index (χ1n) is 11.1. The lowest BCUT2D eigenvalue weighted by atomic mass is 10.1. The fourth-order valence-corrected chi connectivity index (χ4v) is 3.98. The molecule has 10 nitrogen and oxygen atoms in total. The van der Waals surface area contributed by atoms with E-state index in [4.69, 9.17) is 14.3 Å². The number of aryl methyl sites for hydroxylation is 1. The van der Waals surface area contributed by atoms with Crippen LogP contribution in [0.4, 0.5) is 5.69 Å². The van der Waals surface area contributed by atoms with Crippen molar-refractivity contribution in [3.8, 4) is 0 Å². The van der Waals surface area contributed by atoms with Crippen LogP contribution in [0.5, 0.6) is 0 Å². The maximum Gasteiger partial charge on any atom is 0.269 e. The summed E-state index contributed by atoms with van der Waals surface area (Å²) in [5.41, 5.74) is 2.00. The molecule has 2 aliphatic heterocycles. The highest BCUT2D eigenvalue weighted by Gasteiger charge is 2.22. The van der Waals surface area contributed by atoms with E-state index in [0.29, 0.717) is 12.5 Å². The Labute approximate surface area is 187 Å². The Morgan fingerprint density at radius 1 is 1.28 bits per heavy atom. The first kappa shape index (κ1) is 22.2. The van der Waals surface area contributed by atoms with Crippen LogP contribution in [0.2, 0.25) is 0 Å². The quantitative estimate of drug-likeness (QED) is 0.301. The number of benzene rings is 1. The van der Waals surface area contributed by atoms with Gasteiger partial charge in [-0.15, -0.1) is 0 Å². The van der Waals surface area contributed by atoms with Gasteiger partial charge in [0.2, 0.25) is 0 Å². The lowest BCUT2D eigenvalue weighted by Gasteiger charge is -2.36. The fourth-order valence-electron chi connectivity index (χ4n) is 3.98. The van der Waals surface area contributed by atoms with Gasteiger partial charge in [0, 0.05) is 70.0 Å². The molecule has 4 rings (SSSR count). The third-order valence-electron chi connectivity index (χ3n) is 5.87. The summed E-state index contributed by atoms with van der Waals surface area (Å²) in [6.45, 7) is 9.16. The fraction of sp³-hybridized carbons (Fsp3) is 0.545.